The first kappa shape index (κ1) is 23.6. The summed E-state index contributed by atoms with van der Waals surface area (Å²) in [7, 11) is 0. The van der Waals surface area contributed by atoms with E-state index in [9.17, 15) is 9.59 Å². The third-order valence-corrected chi connectivity index (χ3v) is 7.97. The molecule has 4 rings (SSSR count). The summed E-state index contributed by atoms with van der Waals surface area (Å²) < 4.78 is 5.31. The quantitative estimate of drug-likeness (QED) is 0.503. The lowest BCUT2D eigenvalue weighted by Crippen LogP contribution is -2.40. The Labute approximate surface area is 203 Å². The number of nitrogens with one attached hydrogen (secondary N) is 1. The number of esters is 1. The molecule has 1 amide bonds. The average molecular weight is 495 g/mol. The minimum absolute atomic E-state index is 0.0268. The monoisotopic (exact) mass is 494 g/mol. The zero-order chi connectivity index (χ0) is 22.7. The zero-order valence-electron chi connectivity index (χ0n) is 18.2. The summed E-state index contributed by atoms with van der Waals surface area (Å²) in [5, 5.41) is 5.00. The van der Waals surface area contributed by atoms with Crippen molar-refractivity contribution in [1.82, 2.24) is 4.90 Å². The maximum absolute atomic E-state index is 13.2. The number of benzene rings is 1. The van der Waals surface area contributed by atoms with Crippen LogP contribution in [-0.4, -0.2) is 36.5 Å². The third-order valence-electron chi connectivity index (χ3n) is 6.17. The summed E-state index contributed by atoms with van der Waals surface area (Å²) in [6.45, 7) is 4.39. The molecule has 2 aromatic rings. The fourth-order valence-electron chi connectivity index (χ4n) is 4.59. The fourth-order valence-corrected chi connectivity index (χ4v) is 6.34. The first-order valence-electron chi connectivity index (χ1n) is 11.2. The van der Waals surface area contributed by atoms with Crippen molar-refractivity contribution < 1.29 is 14.3 Å². The summed E-state index contributed by atoms with van der Waals surface area (Å²) in [5.74, 6) is -0.491. The van der Waals surface area contributed by atoms with Crippen molar-refractivity contribution >= 4 is 51.4 Å². The van der Waals surface area contributed by atoms with E-state index >= 15 is 0 Å². The van der Waals surface area contributed by atoms with Crippen LogP contribution in [0.1, 0.15) is 59.0 Å². The van der Waals surface area contributed by atoms with Gasteiger partial charge in [0, 0.05) is 28.0 Å². The van der Waals surface area contributed by atoms with Crippen LogP contribution in [0.5, 0.6) is 0 Å². The van der Waals surface area contributed by atoms with Crippen LogP contribution < -0.4 is 5.32 Å². The Bertz CT molecular complexity index is 1010. The van der Waals surface area contributed by atoms with E-state index in [1.807, 2.05) is 12.1 Å². The first-order chi connectivity index (χ1) is 15.5. The average Bonchev–Trinajstić information content (AvgIpc) is 3.14. The second kappa shape index (κ2) is 10.6. The molecule has 32 heavy (non-hydrogen) atoms. The summed E-state index contributed by atoms with van der Waals surface area (Å²) >= 11 is 13.9. The molecule has 1 aromatic heterocycles. The van der Waals surface area contributed by atoms with Crippen molar-refractivity contribution in [1.29, 1.82) is 0 Å². The summed E-state index contributed by atoms with van der Waals surface area (Å²) in [6, 6.07) is 5.53. The lowest BCUT2D eigenvalue weighted by atomic mass is 9.95. The summed E-state index contributed by atoms with van der Waals surface area (Å²) in [6.07, 6.45) is 5.78. The highest BCUT2D eigenvalue weighted by Crippen LogP contribution is 2.39. The molecule has 5 nitrogen and oxygen atoms in total. The van der Waals surface area contributed by atoms with Gasteiger partial charge in [-0.05, 0) is 75.3 Å². The van der Waals surface area contributed by atoms with Gasteiger partial charge in [-0.25, -0.2) is 4.79 Å². The molecule has 1 aliphatic carbocycles. The molecular weight excluding hydrogens is 467 g/mol. The molecule has 2 aliphatic rings. The van der Waals surface area contributed by atoms with Crippen LogP contribution in [0.2, 0.25) is 10.0 Å². The van der Waals surface area contributed by atoms with Gasteiger partial charge in [-0.15, -0.1) is 11.3 Å². The number of ether oxygens (including phenoxy) is 1. The number of fused-ring (bicyclic) bond motifs is 1. The Morgan fingerprint density at radius 2 is 2.03 bits per heavy atom. The molecule has 1 N–H and O–H groups in total. The number of hydrogen-bond acceptors (Lipinski definition) is 5. The molecule has 1 saturated heterocycles. The largest absolute Gasteiger partial charge is 0.462 e. The molecule has 1 aromatic carbocycles. The van der Waals surface area contributed by atoms with Gasteiger partial charge in [0.1, 0.15) is 5.00 Å². The second-order valence-corrected chi connectivity index (χ2v) is 10.4. The zero-order valence-corrected chi connectivity index (χ0v) is 20.5. The van der Waals surface area contributed by atoms with Gasteiger partial charge < -0.3 is 10.1 Å². The minimum Gasteiger partial charge on any atom is -0.462 e. The minimum atomic E-state index is -0.329. The Morgan fingerprint density at radius 1 is 1.22 bits per heavy atom. The number of aryl methyl sites for hydroxylation is 1. The molecular formula is C24H28Cl2N2O3S. The number of amides is 1. The number of likely N-dealkylation sites (tertiary alicyclic amines) is 1. The SMILES string of the molecule is CCOC(=O)c1c(NC(=O)C2CCCN(Cc3ccc(Cl)cc3Cl)C2)sc2c1CCCC2. The predicted molar refractivity (Wildman–Crippen MR) is 130 cm³/mol. The Morgan fingerprint density at radius 3 is 2.81 bits per heavy atom. The number of piperidine rings is 1. The van der Waals surface area contributed by atoms with E-state index in [-0.39, 0.29) is 17.8 Å². The standard InChI is InChI=1S/C24H28Cl2N2O3S/c1-2-31-24(30)21-18-7-3-4-8-20(18)32-23(21)27-22(29)16-6-5-11-28(14-16)13-15-9-10-17(25)12-19(15)26/h9-10,12,16H,2-8,11,13-14H2,1H3,(H,27,29). The van der Waals surface area contributed by atoms with Crippen LogP contribution in [0.25, 0.3) is 0 Å². The van der Waals surface area contributed by atoms with Crippen LogP contribution in [0.3, 0.4) is 0 Å². The van der Waals surface area contributed by atoms with Crippen LogP contribution >= 0.6 is 34.5 Å². The van der Waals surface area contributed by atoms with Crippen molar-refractivity contribution in [3.05, 3.63) is 49.8 Å². The molecule has 172 valence electrons. The third kappa shape index (κ3) is 5.30. The Kier molecular flexibility index (Phi) is 7.77. The van der Waals surface area contributed by atoms with Crippen molar-refractivity contribution in [2.75, 3.05) is 25.0 Å². The maximum atomic E-state index is 13.2. The maximum Gasteiger partial charge on any atom is 0.341 e. The first-order valence-corrected chi connectivity index (χ1v) is 12.8. The molecule has 0 saturated carbocycles. The van der Waals surface area contributed by atoms with Gasteiger partial charge >= 0.3 is 5.97 Å². The molecule has 0 radical (unpaired) electrons. The summed E-state index contributed by atoms with van der Waals surface area (Å²) in [4.78, 5) is 29.3. The van der Waals surface area contributed by atoms with E-state index < -0.39 is 0 Å². The van der Waals surface area contributed by atoms with Crippen molar-refractivity contribution in [2.24, 2.45) is 5.92 Å². The number of halogens is 2. The number of thiophene rings is 1. The Balaban J connectivity index is 1.46. The molecule has 2 heterocycles. The molecule has 1 unspecified atom stereocenters. The lowest BCUT2D eigenvalue weighted by molar-refractivity contribution is -0.121. The van der Waals surface area contributed by atoms with E-state index in [1.54, 1.807) is 13.0 Å². The number of carbonyl (C=O) groups is 2. The van der Waals surface area contributed by atoms with Crippen molar-refractivity contribution in [2.45, 2.75) is 52.0 Å². The van der Waals surface area contributed by atoms with Crippen LogP contribution in [-0.2, 0) is 28.9 Å². The molecule has 0 bridgehead atoms. The summed E-state index contributed by atoms with van der Waals surface area (Å²) in [5.41, 5.74) is 2.64. The number of anilines is 1. The van der Waals surface area contributed by atoms with E-state index in [2.05, 4.69) is 10.2 Å². The predicted octanol–water partition coefficient (Wildman–Crippen LogP) is 5.96. The van der Waals surface area contributed by atoms with E-state index in [0.717, 1.165) is 56.2 Å². The molecule has 1 atom stereocenters. The number of rotatable bonds is 6. The van der Waals surface area contributed by atoms with Crippen molar-refractivity contribution in [3.63, 3.8) is 0 Å². The number of carbonyl (C=O) groups excluding carboxylic acids is 2. The highest BCUT2D eigenvalue weighted by Gasteiger charge is 2.31. The molecule has 0 spiro atoms. The molecule has 1 fully saturated rings. The number of nitrogens with zero attached hydrogens (tertiary/aromatic N) is 1. The topological polar surface area (TPSA) is 58.6 Å². The van der Waals surface area contributed by atoms with Gasteiger partial charge in [-0.3, -0.25) is 9.69 Å². The van der Waals surface area contributed by atoms with E-state index in [0.29, 0.717) is 40.3 Å². The van der Waals surface area contributed by atoms with Gasteiger partial charge in [0.15, 0.2) is 0 Å². The van der Waals surface area contributed by atoms with Gasteiger partial charge in [0.2, 0.25) is 5.91 Å². The molecule has 8 heteroatoms. The molecule has 1 aliphatic heterocycles. The number of hydrogen-bond donors (Lipinski definition) is 1. The van der Waals surface area contributed by atoms with E-state index in [4.69, 9.17) is 27.9 Å². The lowest BCUT2D eigenvalue weighted by Gasteiger charge is -2.32. The normalized spacial score (nSPS) is 18.8. The van der Waals surface area contributed by atoms with Gasteiger partial charge in [0.25, 0.3) is 0 Å². The highest BCUT2D eigenvalue weighted by atomic mass is 35.5. The van der Waals surface area contributed by atoms with E-state index in [1.165, 1.54) is 16.2 Å². The van der Waals surface area contributed by atoms with Crippen LogP contribution in [0, 0.1) is 5.92 Å². The second-order valence-electron chi connectivity index (χ2n) is 8.43. The fraction of sp³-hybridized carbons (Fsp3) is 0.500. The van der Waals surface area contributed by atoms with Gasteiger partial charge in [0.05, 0.1) is 18.1 Å². The van der Waals surface area contributed by atoms with Crippen LogP contribution in [0.4, 0.5) is 5.00 Å². The smallest absolute Gasteiger partial charge is 0.341 e. The van der Waals surface area contributed by atoms with Gasteiger partial charge in [-0.1, -0.05) is 29.3 Å². The van der Waals surface area contributed by atoms with Crippen molar-refractivity contribution in [3.8, 4) is 0 Å². The Hall–Kier alpha value is -1.60. The highest BCUT2D eigenvalue weighted by molar-refractivity contribution is 7.17. The van der Waals surface area contributed by atoms with Crippen LogP contribution in [0.15, 0.2) is 18.2 Å². The van der Waals surface area contributed by atoms with Gasteiger partial charge in [-0.2, -0.15) is 0 Å².